The quantitative estimate of drug-likeness (QED) is 0.629. The van der Waals surface area contributed by atoms with E-state index in [1.807, 2.05) is 24.3 Å². The molecule has 0 unspecified atom stereocenters. The summed E-state index contributed by atoms with van der Waals surface area (Å²) >= 11 is 0. The van der Waals surface area contributed by atoms with Gasteiger partial charge in [-0.2, -0.15) is 0 Å². The minimum Gasteiger partial charge on any atom is -0.211 e. The van der Waals surface area contributed by atoms with Crippen molar-refractivity contribution < 1.29 is 4.39 Å². The number of allylic oxidation sites excluding steroid dienone is 2. The summed E-state index contributed by atoms with van der Waals surface area (Å²) < 4.78 is 12.6. The molecule has 2 aliphatic carbocycles. The highest BCUT2D eigenvalue weighted by Gasteiger charge is 2.09. The predicted molar refractivity (Wildman–Crippen MR) is 78.4 cm³/mol. The second-order valence-electron chi connectivity index (χ2n) is 4.77. The molecule has 0 amide bonds. The number of benzene rings is 2. The van der Waals surface area contributed by atoms with Crippen LogP contribution < -0.4 is 0 Å². The van der Waals surface area contributed by atoms with Crippen molar-refractivity contribution in [1.29, 1.82) is 0 Å². The fraction of sp³-hybridized carbons (Fsp3) is 0.111. The van der Waals surface area contributed by atoms with Crippen molar-refractivity contribution in [3.63, 3.8) is 0 Å². The summed E-state index contributed by atoms with van der Waals surface area (Å²) in [6.07, 6.45) is 7.57. The second kappa shape index (κ2) is 5.23. The molecule has 4 rings (SSSR count). The van der Waals surface area contributed by atoms with Crippen LogP contribution in [-0.4, -0.2) is 0 Å². The fourth-order valence-electron chi connectivity index (χ4n) is 2.43. The van der Waals surface area contributed by atoms with Crippen LogP contribution in [0.4, 0.5) is 4.39 Å². The maximum absolute atomic E-state index is 12.6. The Balaban J connectivity index is 0.000000117. The molecule has 0 atom stereocenters. The zero-order chi connectivity index (χ0) is 13.1. The van der Waals surface area contributed by atoms with Gasteiger partial charge in [-0.25, -0.2) is 4.39 Å². The zero-order valence-electron chi connectivity index (χ0n) is 10.6. The smallest absolute Gasteiger partial charge is 0.105 e. The largest absolute Gasteiger partial charge is 0.211 e. The standard InChI is InChI=1S/C9H7F.C9H8/c10-9-5-7-3-1-2-4-8(7)6-9;1-2-5-9-7-3-6-8(9)4-1/h1-5H,6H2;1-6H,7H2. The Morgan fingerprint density at radius 2 is 1.47 bits per heavy atom. The van der Waals surface area contributed by atoms with Crippen LogP contribution in [-0.2, 0) is 12.8 Å². The maximum Gasteiger partial charge on any atom is 0.105 e. The molecule has 0 fully saturated rings. The molecule has 0 bridgehead atoms. The molecule has 0 aliphatic heterocycles. The average molecular weight is 250 g/mol. The fourth-order valence-corrected chi connectivity index (χ4v) is 2.43. The van der Waals surface area contributed by atoms with E-state index in [9.17, 15) is 4.39 Å². The molecule has 0 radical (unpaired) electrons. The second-order valence-corrected chi connectivity index (χ2v) is 4.77. The molecule has 19 heavy (non-hydrogen) atoms. The van der Waals surface area contributed by atoms with Gasteiger partial charge in [0.25, 0.3) is 0 Å². The van der Waals surface area contributed by atoms with Crippen LogP contribution in [0.3, 0.4) is 0 Å². The van der Waals surface area contributed by atoms with Crippen molar-refractivity contribution in [2.24, 2.45) is 0 Å². The molecular formula is C18H15F. The van der Waals surface area contributed by atoms with Gasteiger partial charge in [0.15, 0.2) is 0 Å². The molecule has 0 nitrogen and oxygen atoms in total. The number of hydrogen-bond acceptors (Lipinski definition) is 0. The first-order valence-electron chi connectivity index (χ1n) is 6.51. The first-order valence-corrected chi connectivity index (χ1v) is 6.51. The summed E-state index contributed by atoms with van der Waals surface area (Å²) in [5.41, 5.74) is 4.97. The highest BCUT2D eigenvalue weighted by molar-refractivity contribution is 5.61. The van der Waals surface area contributed by atoms with Crippen LogP contribution in [0.15, 0.2) is 60.4 Å². The number of hydrogen-bond donors (Lipinski definition) is 0. The molecule has 94 valence electrons. The van der Waals surface area contributed by atoms with Crippen LogP contribution in [0.1, 0.15) is 22.3 Å². The molecule has 0 saturated carbocycles. The van der Waals surface area contributed by atoms with Crippen molar-refractivity contribution in [3.05, 3.63) is 82.7 Å². The monoisotopic (exact) mass is 250 g/mol. The van der Waals surface area contributed by atoms with Crippen LogP contribution in [0, 0.1) is 0 Å². The van der Waals surface area contributed by atoms with E-state index in [0.29, 0.717) is 6.42 Å². The van der Waals surface area contributed by atoms with Crippen molar-refractivity contribution in [2.75, 3.05) is 0 Å². The number of fused-ring (bicyclic) bond motifs is 2. The van der Waals surface area contributed by atoms with Crippen molar-refractivity contribution in [3.8, 4) is 0 Å². The molecule has 2 aromatic carbocycles. The Hall–Kier alpha value is -2.15. The van der Waals surface area contributed by atoms with Gasteiger partial charge in [0.2, 0.25) is 0 Å². The van der Waals surface area contributed by atoms with E-state index in [4.69, 9.17) is 0 Å². The summed E-state index contributed by atoms with van der Waals surface area (Å²) in [4.78, 5) is 0. The van der Waals surface area contributed by atoms with Crippen LogP contribution in [0.5, 0.6) is 0 Å². The zero-order valence-corrected chi connectivity index (χ0v) is 10.6. The lowest BCUT2D eigenvalue weighted by Crippen LogP contribution is -1.78. The molecule has 0 aromatic heterocycles. The summed E-state index contributed by atoms with van der Waals surface area (Å²) in [6, 6.07) is 16.2. The van der Waals surface area contributed by atoms with E-state index >= 15 is 0 Å². The Labute approximate surface area is 112 Å². The molecular weight excluding hydrogens is 235 g/mol. The first-order chi connectivity index (χ1) is 9.33. The highest BCUT2D eigenvalue weighted by Crippen LogP contribution is 2.24. The van der Waals surface area contributed by atoms with E-state index < -0.39 is 0 Å². The summed E-state index contributed by atoms with van der Waals surface area (Å²) in [5.74, 6) is -0.0267. The van der Waals surface area contributed by atoms with Crippen molar-refractivity contribution in [1.82, 2.24) is 0 Å². The highest BCUT2D eigenvalue weighted by atomic mass is 19.1. The molecule has 2 aromatic rings. The van der Waals surface area contributed by atoms with Gasteiger partial charge >= 0.3 is 0 Å². The minimum absolute atomic E-state index is 0.0267. The van der Waals surface area contributed by atoms with Crippen LogP contribution in [0.25, 0.3) is 12.2 Å². The van der Waals surface area contributed by atoms with Crippen molar-refractivity contribution in [2.45, 2.75) is 12.8 Å². The molecule has 0 saturated heterocycles. The van der Waals surface area contributed by atoms with Gasteiger partial charge in [0.05, 0.1) is 0 Å². The van der Waals surface area contributed by atoms with Gasteiger partial charge in [0, 0.05) is 6.42 Å². The molecule has 0 spiro atoms. The third-order valence-electron chi connectivity index (χ3n) is 3.42. The Kier molecular flexibility index (Phi) is 3.28. The SMILES string of the molecule is C1=Cc2ccccc2C1.FC1=Cc2ccccc2C1. The topological polar surface area (TPSA) is 0 Å². The van der Waals surface area contributed by atoms with Gasteiger partial charge in [-0.05, 0) is 34.8 Å². The van der Waals surface area contributed by atoms with E-state index in [1.165, 1.54) is 11.1 Å². The lowest BCUT2D eigenvalue weighted by atomic mass is 10.1. The summed E-state index contributed by atoms with van der Waals surface area (Å²) in [5, 5.41) is 0. The molecule has 2 aliphatic rings. The summed E-state index contributed by atoms with van der Waals surface area (Å²) in [7, 11) is 0. The van der Waals surface area contributed by atoms with E-state index in [0.717, 1.165) is 17.5 Å². The predicted octanol–water partition coefficient (Wildman–Crippen LogP) is 4.81. The molecule has 0 heterocycles. The maximum atomic E-state index is 12.6. The Bertz CT molecular complexity index is 650. The van der Waals surface area contributed by atoms with Crippen LogP contribution in [0.2, 0.25) is 0 Å². The molecule has 0 N–H and O–H groups in total. The lowest BCUT2D eigenvalue weighted by molar-refractivity contribution is 0.627. The van der Waals surface area contributed by atoms with E-state index in [-0.39, 0.29) is 5.83 Å². The van der Waals surface area contributed by atoms with Crippen molar-refractivity contribution >= 4 is 12.2 Å². The summed E-state index contributed by atoms with van der Waals surface area (Å²) in [6.45, 7) is 0. The van der Waals surface area contributed by atoms with Gasteiger partial charge < -0.3 is 0 Å². The van der Waals surface area contributed by atoms with Gasteiger partial charge in [-0.15, -0.1) is 0 Å². The van der Waals surface area contributed by atoms with Crippen LogP contribution >= 0.6 is 0 Å². The van der Waals surface area contributed by atoms with Gasteiger partial charge in [0.1, 0.15) is 5.83 Å². The first kappa shape index (κ1) is 11.9. The molecule has 1 heteroatoms. The Morgan fingerprint density at radius 1 is 0.789 bits per heavy atom. The Morgan fingerprint density at radius 3 is 2.21 bits per heavy atom. The third-order valence-corrected chi connectivity index (χ3v) is 3.42. The minimum atomic E-state index is -0.0267. The lowest BCUT2D eigenvalue weighted by Gasteiger charge is -1.93. The number of rotatable bonds is 0. The normalized spacial score (nSPS) is 14.3. The van der Waals surface area contributed by atoms with Gasteiger partial charge in [-0.1, -0.05) is 60.7 Å². The average Bonchev–Trinajstić information content (AvgIpc) is 3.03. The van der Waals surface area contributed by atoms with E-state index in [1.54, 1.807) is 6.08 Å². The number of halogens is 1. The third kappa shape index (κ3) is 2.65. The van der Waals surface area contributed by atoms with E-state index in [2.05, 4.69) is 36.4 Å². The van der Waals surface area contributed by atoms with Gasteiger partial charge in [-0.3, -0.25) is 0 Å².